The van der Waals surface area contributed by atoms with Crippen molar-refractivity contribution in [2.75, 3.05) is 5.32 Å². The lowest BCUT2D eigenvalue weighted by Gasteiger charge is -2.22. The van der Waals surface area contributed by atoms with Crippen LogP contribution in [0.15, 0.2) is 24.3 Å². The Morgan fingerprint density at radius 2 is 1.81 bits per heavy atom. The molecule has 0 aliphatic heterocycles. The molecule has 0 bridgehead atoms. The van der Waals surface area contributed by atoms with E-state index in [4.69, 9.17) is 0 Å². The molecule has 1 rings (SSSR count). The van der Waals surface area contributed by atoms with E-state index in [-0.39, 0.29) is 16.1 Å². The second-order valence-electron chi connectivity index (χ2n) is 6.99. The van der Waals surface area contributed by atoms with Crippen molar-refractivity contribution in [3.05, 3.63) is 29.8 Å². The number of hydrogen-bond donors (Lipinski definition) is 1. The molecular weight excluding hydrogens is 282 g/mol. The van der Waals surface area contributed by atoms with Gasteiger partial charge in [0.25, 0.3) is 0 Å². The van der Waals surface area contributed by atoms with Gasteiger partial charge in [-0.2, -0.15) is 0 Å². The summed E-state index contributed by atoms with van der Waals surface area (Å²) >= 11 is 0. The molecule has 0 aromatic heterocycles. The number of hydrogen-bond acceptors (Lipinski definition) is 2. The van der Waals surface area contributed by atoms with E-state index in [1.54, 1.807) is 0 Å². The van der Waals surface area contributed by atoms with E-state index in [0.717, 1.165) is 17.7 Å². The van der Waals surface area contributed by atoms with Crippen molar-refractivity contribution in [1.29, 1.82) is 0 Å². The molecule has 0 radical (unpaired) electrons. The van der Waals surface area contributed by atoms with E-state index in [9.17, 15) is 9.00 Å². The van der Waals surface area contributed by atoms with Gasteiger partial charge in [0, 0.05) is 32.4 Å². The Hall–Kier alpha value is -1.16. The van der Waals surface area contributed by atoms with Crippen LogP contribution in [0.2, 0.25) is 0 Å². The molecule has 1 atom stereocenters. The van der Waals surface area contributed by atoms with E-state index in [1.165, 1.54) is 0 Å². The molecule has 0 saturated heterocycles. The van der Waals surface area contributed by atoms with Gasteiger partial charge < -0.3 is 5.32 Å². The monoisotopic (exact) mass is 309 g/mol. The first-order chi connectivity index (χ1) is 9.56. The van der Waals surface area contributed by atoms with Gasteiger partial charge in [0.2, 0.25) is 5.91 Å². The molecule has 1 aromatic rings. The Kier molecular flexibility index (Phi) is 5.74. The average molecular weight is 309 g/mol. The molecule has 0 unspecified atom stereocenters. The lowest BCUT2D eigenvalue weighted by Crippen LogP contribution is -2.30. The van der Waals surface area contributed by atoms with Gasteiger partial charge in [-0.25, -0.2) is 0 Å². The minimum Gasteiger partial charge on any atom is -0.326 e. The average Bonchev–Trinajstić information content (AvgIpc) is 2.37. The Bertz CT molecular complexity index is 530. The third-order valence-electron chi connectivity index (χ3n) is 3.66. The highest BCUT2D eigenvalue weighted by Crippen LogP contribution is 2.23. The molecular formula is C17H27NO2S. The lowest BCUT2D eigenvalue weighted by atomic mass is 9.89. The lowest BCUT2D eigenvalue weighted by molar-refractivity contribution is -0.124. The number of anilines is 1. The van der Waals surface area contributed by atoms with Crippen molar-refractivity contribution < 1.29 is 9.00 Å². The highest BCUT2D eigenvalue weighted by molar-refractivity contribution is 7.85. The van der Waals surface area contributed by atoms with Crippen molar-refractivity contribution in [3.63, 3.8) is 0 Å². The Morgan fingerprint density at radius 1 is 1.19 bits per heavy atom. The summed E-state index contributed by atoms with van der Waals surface area (Å²) in [4.78, 5) is 12.2. The number of rotatable bonds is 5. The second-order valence-corrected chi connectivity index (χ2v) is 9.20. The SMILES string of the molecule is CCC(C)(C)C(=O)Nc1cccc(C[S@](=O)C(C)(C)C)c1. The maximum absolute atomic E-state index is 12.2. The van der Waals surface area contributed by atoms with Gasteiger partial charge in [0.1, 0.15) is 0 Å². The Balaban J connectivity index is 2.82. The number of amides is 1. The van der Waals surface area contributed by atoms with Gasteiger partial charge in [-0.05, 0) is 44.9 Å². The molecule has 0 spiro atoms. The van der Waals surface area contributed by atoms with Crippen molar-refractivity contribution in [3.8, 4) is 0 Å². The third kappa shape index (κ3) is 5.27. The number of carbonyl (C=O) groups excluding carboxylic acids is 1. The largest absolute Gasteiger partial charge is 0.326 e. The standard InChI is InChI=1S/C17H27NO2S/c1-7-17(5,6)15(19)18-14-10-8-9-13(11-14)12-21(20)16(2,3)4/h8-11H,7,12H2,1-6H3,(H,18,19)/t21-/m0/s1. The zero-order valence-electron chi connectivity index (χ0n) is 13.9. The summed E-state index contributed by atoms with van der Waals surface area (Å²) in [5.74, 6) is 0.517. The van der Waals surface area contributed by atoms with Crippen molar-refractivity contribution >= 4 is 22.4 Å². The summed E-state index contributed by atoms with van der Waals surface area (Å²) in [6, 6.07) is 7.62. The summed E-state index contributed by atoms with van der Waals surface area (Å²) in [6.45, 7) is 11.8. The van der Waals surface area contributed by atoms with E-state index >= 15 is 0 Å². The molecule has 3 nitrogen and oxygen atoms in total. The molecule has 1 aromatic carbocycles. The first-order valence-electron chi connectivity index (χ1n) is 7.35. The van der Waals surface area contributed by atoms with Crippen LogP contribution >= 0.6 is 0 Å². The van der Waals surface area contributed by atoms with Gasteiger partial charge in [-0.15, -0.1) is 0 Å². The van der Waals surface area contributed by atoms with Crippen LogP contribution in [-0.4, -0.2) is 14.9 Å². The zero-order valence-corrected chi connectivity index (χ0v) is 14.8. The highest BCUT2D eigenvalue weighted by atomic mass is 32.2. The zero-order chi connectivity index (χ0) is 16.3. The molecule has 0 saturated carbocycles. The minimum atomic E-state index is -0.941. The van der Waals surface area contributed by atoms with Crippen molar-refractivity contribution in [1.82, 2.24) is 0 Å². The fourth-order valence-electron chi connectivity index (χ4n) is 1.57. The summed E-state index contributed by atoms with van der Waals surface area (Å²) in [7, 11) is -0.941. The molecule has 0 fully saturated rings. The van der Waals surface area contributed by atoms with Gasteiger partial charge in [-0.1, -0.05) is 32.9 Å². The maximum Gasteiger partial charge on any atom is 0.230 e. The molecule has 0 aliphatic carbocycles. The summed E-state index contributed by atoms with van der Waals surface area (Å²) in [5.41, 5.74) is 1.37. The summed E-state index contributed by atoms with van der Waals surface area (Å²) < 4.78 is 12.0. The van der Waals surface area contributed by atoms with Crippen molar-refractivity contribution in [2.24, 2.45) is 5.41 Å². The van der Waals surface area contributed by atoms with E-state index < -0.39 is 10.8 Å². The van der Waals surface area contributed by atoms with E-state index in [1.807, 2.05) is 65.8 Å². The number of nitrogens with one attached hydrogen (secondary N) is 1. The van der Waals surface area contributed by atoms with E-state index in [0.29, 0.717) is 5.75 Å². The van der Waals surface area contributed by atoms with Crippen LogP contribution in [0.3, 0.4) is 0 Å². The normalized spacial score (nSPS) is 13.8. The topological polar surface area (TPSA) is 46.2 Å². The molecule has 0 aliphatic rings. The molecule has 1 amide bonds. The van der Waals surface area contributed by atoms with Crippen LogP contribution in [0.25, 0.3) is 0 Å². The molecule has 21 heavy (non-hydrogen) atoms. The van der Waals surface area contributed by atoms with Crippen LogP contribution in [0.5, 0.6) is 0 Å². The maximum atomic E-state index is 12.2. The van der Waals surface area contributed by atoms with Gasteiger partial charge in [0.15, 0.2) is 0 Å². The smallest absolute Gasteiger partial charge is 0.230 e. The fourth-order valence-corrected chi connectivity index (χ4v) is 2.48. The number of carbonyl (C=O) groups is 1. The quantitative estimate of drug-likeness (QED) is 0.889. The predicted octanol–water partition coefficient (Wildman–Crippen LogP) is 4.11. The molecule has 118 valence electrons. The first-order valence-corrected chi connectivity index (χ1v) is 8.67. The van der Waals surface area contributed by atoms with Crippen LogP contribution < -0.4 is 5.32 Å². The Labute approximate surface area is 131 Å². The van der Waals surface area contributed by atoms with Crippen LogP contribution in [0, 0.1) is 5.41 Å². The molecule has 0 heterocycles. The Morgan fingerprint density at radius 3 is 2.33 bits per heavy atom. The van der Waals surface area contributed by atoms with Gasteiger partial charge in [0.05, 0.1) is 0 Å². The first kappa shape index (κ1) is 17.9. The summed E-state index contributed by atoms with van der Waals surface area (Å²) in [5, 5.41) is 2.95. The van der Waals surface area contributed by atoms with Gasteiger partial charge >= 0.3 is 0 Å². The third-order valence-corrected chi connectivity index (χ3v) is 5.63. The minimum absolute atomic E-state index is 0.0130. The fraction of sp³-hybridized carbons (Fsp3) is 0.588. The molecule has 4 heteroatoms. The van der Waals surface area contributed by atoms with Crippen molar-refractivity contribution in [2.45, 2.75) is 58.5 Å². The number of benzene rings is 1. The second kappa shape index (κ2) is 6.73. The highest BCUT2D eigenvalue weighted by Gasteiger charge is 2.25. The van der Waals surface area contributed by atoms with Crippen LogP contribution in [0.1, 0.15) is 53.5 Å². The van der Waals surface area contributed by atoms with Crippen LogP contribution in [-0.2, 0) is 21.3 Å². The van der Waals surface area contributed by atoms with Crippen LogP contribution in [0.4, 0.5) is 5.69 Å². The molecule has 1 N–H and O–H groups in total. The van der Waals surface area contributed by atoms with E-state index in [2.05, 4.69) is 5.32 Å². The van der Waals surface area contributed by atoms with Gasteiger partial charge in [-0.3, -0.25) is 9.00 Å². The predicted molar refractivity (Wildman–Crippen MR) is 90.7 cm³/mol. The summed E-state index contributed by atoms with van der Waals surface area (Å²) in [6.07, 6.45) is 0.784.